The van der Waals surface area contributed by atoms with Crippen molar-refractivity contribution in [3.8, 4) is 5.75 Å². The van der Waals surface area contributed by atoms with E-state index in [-0.39, 0.29) is 23.6 Å². The van der Waals surface area contributed by atoms with Gasteiger partial charge in [-0.05, 0) is 65.4 Å². The quantitative estimate of drug-likeness (QED) is 0.515. The van der Waals surface area contributed by atoms with Gasteiger partial charge in [-0.15, -0.1) is 0 Å². The van der Waals surface area contributed by atoms with Crippen LogP contribution >= 0.6 is 11.8 Å². The summed E-state index contributed by atoms with van der Waals surface area (Å²) in [5.74, 6) is -0.00710. The molecule has 0 N–H and O–H groups in total. The number of ether oxygens (including phenoxy) is 1. The first-order chi connectivity index (χ1) is 14.1. The number of hydrogen-bond acceptors (Lipinski definition) is 4. The number of halogens is 1. The molecule has 6 heteroatoms. The van der Waals surface area contributed by atoms with Gasteiger partial charge < -0.3 is 4.74 Å². The second-order valence-corrected chi connectivity index (χ2v) is 7.33. The molecule has 4 rings (SSSR count). The summed E-state index contributed by atoms with van der Waals surface area (Å²) < 4.78 is 18.9. The minimum Gasteiger partial charge on any atom is -0.489 e. The maximum absolute atomic E-state index is 13.2. The molecule has 1 aliphatic rings. The highest BCUT2D eigenvalue weighted by Crippen LogP contribution is 2.35. The van der Waals surface area contributed by atoms with E-state index in [0.717, 1.165) is 22.9 Å². The van der Waals surface area contributed by atoms with Gasteiger partial charge in [-0.25, -0.2) is 9.29 Å². The van der Waals surface area contributed by atoms with E-state index >= 15 is 0 Å². The van der Waals surface area contributed by atoms with Crippen molar-refractivity contribution in [2.75, 3.05) is 4.90 Å². The molecule has 4 nitrogen and oxygen atoms in total. The van der Waals surface area contributed by atoms with Crippen LogP contribution in [0.2, 0.25) is 0 Å². The fourth-order valence-electron chi connectivity index (χ4n) is 2.87. The summed E-state index contributed by atoms with van der Waals surface area (Å²) in [5.41, 5.74) is 2.07. The van der Waals surface area contributed by atoms with Gasteiger partial charge in [0.1, 0.15) is 18.2 Å². The third kappa shape index (κ3) is 4.38. The molecule has 0 spiro atoms. The van der Waals surface area contributed by atoms with Gasteiger partial charge in [0.2, 0.25) is 0 Å². The van der Waals surface area contributed by atoms with Crippen molar-refractivity contribution in [3.05, 3.63) is 101 Å². The largest absolute Gasteiger partial charge is 0.489 e. The van der Waals surface area contributed by atoms with Gasteiger partial charge >= 0.3 is 0 Å². The summed E-state index contributed by atoms with van der Waals surface area (Å²) >= 11 is 0.916. The summed E-state index contributed by atoms with van der Waals surface area (Å²) in [4.78, 5) is 26.4. The molecule has 0 atom stereocenters. The molecule has 3 aromatic carbocycles. The second kappa shape index (κ2) is 8.32. The Kier molecular flexibility index (Phi) is 5.44. The van der Waals surface area contributed by atoms with Gasteiger partial charge in [-0.1, -0.05) is 42.5 Å². The van der Waals surface area contributed by atoms with Crippen LogP contribution in [0.4, 0.5) is 14.9 Å². The molecule has 1 heterocycles. The lowest BCUT2D eigenvalue weighted by atomic mass is 10.2. The van der Waals surface area contributed by atoms with E-state index in [2.05, 4.69) is 0 Å². The zero-order chi connectivity index (χ0) is 20.2. The minimum absolute atomic E-state index is 0.257. The average molecular weight is 405 g/mol. The van der Waals surface area contributed by atoms with Gasteiger partial charge in [0, 0.05) is 0 Å². The predicted octanol–water partition coefficient (Wildman–Crippen LogP) is 5.65. The molecule has 1 aliphatic heterocycles. The summed E-state index contributed by atoms with van der Waals surface area (Å²) in [6.07, 6.45) is 1.68. The Hall–Kier alpha value is -3.38. The molecular weight excluding hydrogens is 389 g/mol. The highest BCUT2D eigenvalue weighted by atomic mass is 32.2. The Balaban J connectivity index is 1.45. The van der Waals surface area contributed by atoms with Crippen molar-refractivity contribution in [1.82, 2.24) is 0 Å². The van der Waals surface area contributed by atoms with E-state index < -0.39 is 0 Å². The van der Waals surface area contributed by atoms with Crippen LogP contribution in [0.15, 0.2) is 83.8 Å². The Bertz CT molecular complexity index is 1080. The lowest BCUT2D eigenvalue weighted by molar-refractivity contribution is -0.113. The maximum atomic E-state index is 13.2. The normalized spacial score (nSPS) is 15.2. The van der Waals surface area contributed by atoms with Crippen LogP contribution in [-0.2, 0) is 11.4 Å². The number of thioether (sulfide) groups is 1. The standard InChI is InChI=1S/C23H16FNO3S/c24-18-6-4-5-17(13-18)15-28-20-11-9-16(10-12-20)14-21-22(26)25(23(27)29-21)19-7-2-1-3-8-19/h1-14H,15H2/b21-14-. The van der Waals surface area contributed by atoms with Crippen molar-refractivity contribution < 1.29 is 18.7 Å². The fraction of sp³-hybridized carbons (Fsp3) is 0.0435. The Morgan fingerprint density at radius 2 is 1.69 bits per heavy atom. The summed E-state index contributed by atoms with van der Waals surface area (Å²) in [7, 11) is 0. The third-order valence-electron chi connectivity index (χ3n) is 4.28. The number of carbonyl (C=O) groups is 2. The molecule has 0 saturated carbocycles. The van der Waals surface area contributed by atoms with Crippen LogP contribution in [0.3, 0.4) is 0 Å². The van der Waals surface area contributed by atoms with Crippen LogP contribution in [0.5, 0.6) is 5.75 Å². The first-order valence-electron chi connectivity index (χ1n) is 8.90. The molecule has 144 valence electrons. The number of amides is 2. The van der Waals surface area contributed by atoms with Crippen LogP contribution in [0.1, 0.15) is 11.1 Å². The first kappa shape index (κ1) is 19.0. The SMILES string of the molecule is O=C1S/C(=C\c2ccc(OCc3cccc(F)c3)cc2)C(=O)N1c1ccccc1. The topological polar surface area (TPSA) is 46.6 Å². The molecule has 1 saturated heterocycles. The van der Waals surface area contributed by atoms with E-state index in [4.69, 9.17) is 4.74 Å². The number of hydrogen-bond donors (Lipinski definition) is 0. The molecule has 0 bridgehead atoms. The minimum atomic E-state index is -0.336. The third-order valence-corrected chi connectivity index (χ3v) is 5.15. The molecule has 29 heavy (non-hydrogen) atoms. The first-order valence-corrected chi connectivity index (χ1v) is 9.72. The smallest absolute Gasteiger partial charge is 0.298 e. The van der Waals surface area contributed by atoms with Gasteiger partial charge in [-0.3, -0.25) is 9.59 Å². The lowest BCUT2D eigenvalue weighted by Gasteiger charge is -2.11. The van der Waals surface area contributed by atoms with Crippen molar-refractivity contribution in [2.24, 2.45) is 0 Å². The number of para-hydroxylation sites is 1. The highest BCUT2D eigenvalue weighted by molar-refractivity contribution is 8.19. The van der Waals surface area contributed by atoms with Crippen LogP contribution < -0.4 is 9.64 Å². The van der Waals surface area contributed by atoms with E-state index in [0.29, 0.717) is 16.3 Å². The number of anilines is 1. The molecule has 0 radical (unpaired) electrons. The van der Waals surface area contributed by atoms with Gasteiger partial charge in [0.15, 0.2) is 0 Å². The van der Waals surface area contributed by atoms with Gasteiger partial charge in [-0.2, -0.15) is 0 Å². The van der Waals surface area contributed by atoms with Crippen molar-refractivity contribution in [3.63, 3.8) is 0 Å². The fourth-order valence-corrected chi connectivity index (χ4v) is 3.71. The van der Waals surface area contributed by atoms with E-state index in [1.54, 1.807) is 66.7 Å². The molecule has 0 aliphatic carbocycles. The van der Waals surface area contributed by atoms with Crippen molar-refractivity contribution in [1.29, 1.82) is 0 Å². The molecule has 0 unspecified atom stereocenters. The molecule has 0 aromatic heterocycles. The highest BCUT2D eigenvalue weighted by Gasteiger charge is 2.36. The predicted molar refractivity (Wildman–Crippen MR) is 112 cm³/mol. The van der Waals surface area contributed by atoms with Crippen molar-refractivity contribution in [2.45, 2.75) is 6.61 Å². The Labute approximate surface area is 171 Å². The average Bonchev–Trinajstić information content (AvgIpc) is 3.01. The van der Waals surface area contributed by atoms with Crippen LogP contribution in [-0.4, -0.2) is 11.1 Å². The molecular formula is C23H16FNO3S. The Morgan fingerprint density at radius 1 is 0.931 bits per heavy atom. The second-order valence-electron chi connectivity index (χ2n) is 6.34. The summed E-state index contributed by atoms with van der Waals surface area (Å²) in [6, 6.07) is 22.2. The summed E-state index contributed by atoms with van der Waals surface area (Å²) in [5, 5.41) is -0.317. The Morgan fingerprint density at radius 3 is 2.41 bits per heavy atom. The monoisotopic (exact) mass is 405 g/mol. The zero-order valence-electron chi connectivity index (χ0n) is 15.2. The van der Waals surface area contributed by atoms with Crippen LogP contribution in [0.25, 0.3) is 6.08 Å². The van der Waals surface area contributed by atoms with E-state index in [1.165, 1.54) is 17.0 Å². The lowest BCUT2D eigenvalue weighted by Crippen LogP contribution is -2.27. The number of benzene rings is 3. The number of rotatable bonds is 5. The van der Waals surface area contributed by atoms with Gasteiger partial charge in [0.05, 0.1) is 10.6 Å². The summed E-state index contributed by atoms with van der Waals surface area (Å²) in [6.45, 7) is 0.257. The molecule has 2 amide bonds. The van der Waals surface area contributed by atoms with E-state index in [9.17, 15) is 14.0 Å². The maximum Gasteiger partial charge on any atom is 0.298 e. The van der Waals surface area contributed by atoms with Crippen molar-refractivity contribution >= 4 is 34.7 Å². The van der Waals surface area contributed by atoms with E-state index in [1.807, 2.05) is 6.07 Å². The van der Waals surface area contributed by atoms with Crippen LogP contribution in [0, 0.1) is 5.82 Å². The number of imide groups is 1. The molecule has 3 aromatic rings. The number of nitrogens with zero attached hydrogens (tertiary/aromatic N) is 1. The zero-order valence-corrected chi connectivity index (χ0v) is 16.1. The number of carbonyl (C=O) groups excluding carboxylic acids is 2. The van der Waals surface area contributed by atoms with Gasteiger partial charge in [0.25, 0.3) is 11.1 Å². The molecule has 1 fully saturated rings.